The maximum Gasteiger partial charge on any atom is 0.265 e. The molecule has 0 saturated heterocycles. The molecule has 39 heavy (non-hydrogen) atoms. The summed E-state index contributed by atoms with van der Waals surface area (Å²) in [5.41, 5.74) is -1.81. The number of rotatable bonds is 4. The highest BCUT2D eigenvalue weighted by Crippen LogP contribution is 2.42. The van der Waals surface area contributed by atoms with Crippen molar-refractivity contribution in [3.63, 3.8) is 0 Å². The van der Waals surface area contributed by atoms with Crippen LogP contribution in [0, 0.1) is 45.3 Å². The third kappa shape index (κ3) is 2.77. The van der Waals surface area contributed by atoms with Crippen molar-refractivity contribution in [1.82, 2.24) is 19.1 Å². The Bertz CT molecular complexity index is 1990. The molecule has 0 bridgehead atoms. The molecule has 2 aromatic heterocycles. The van der Waals surface area contributed by atoms with Crippen LogP contribution in [0.5, 0.6) is 0 Å². The lowest BCUT2D eigenvalue weighted by atomic mass is 9.75. The fourth-order valence-electron chi connectivity index (χ4n) is 5.14. The smallest absolute Gasteiger partial charge is 0.265 e. The van der Waals surface area contributed by atoms with Gasteiger partial charge in [0.25, 0.3) is 11.8 Å². The number of nitriles is 4. The Morgan fingerprint density at radius 2 is 1.13 bits per heavy atom. The quantitative estimate of drug-likeness (QED) is 0.345. The van der Waals surface area contributed by atoms with Crippen LogP contribution in [0.4, 0.5) is 8.78 Å². The summed E-state index contributed by atoms with van der Waals surface area (Å²) in [5.74, 6) is -1.15. The second-order valence-corrected chi connectivity index (χ2v) is 8.86. The van der Waals surface area contributed by atoms with Crippen molar-refractivity contribution < 1.29 is 18.4 Å². The van der Waals surface area contributed by atoms with E-state index in [0.717, 1.165) is 9.13 Å². The van der Waals surface area contributed by atoms with Crippen molar-refractivity contribution in [2.24, 2.45) is 0 Å². The number of benzene rings is 2. The van der Waals surface area contributed by atoms with Crippen LogP contribution in [0.2, 0.25) is 0 Å². The number of halogens is 2. The molecule has 184 valence electrons. The number of hydrogen-bond acceptors (Lipinski definition) is 8. The van der Waals surface area contributed by atoms with E-state index in [4.69, 9.17) is 0 Å². The zero-order chi connectivity index (χ0) is 27.6. The molecule has 10 nitrogen and oxygen atoms in total. The zero-order valence-corrected chi connectivity index (χ0v) is 19.5. The molecule has 4 heterocycles. The van der Waals surface area contributed by atoms with Gasteiger partial charge in [-0.05, 0) is 29.3 Å². The summed E-state index contributed by atoms with van der Waals surface area (Å²) in [6, 6.07) is 15.5. The van der Waals surface area contributed by atoms with Crippen LogP contribution in [-0.2, 0) is 5.41 Å². The van der Waals surface area contributed by atoms with Crippen LogP contribution in [-0.4, -0.2) is 44.3 Å². The van der Waals surface area contributed by atoms with Gasteiger partial charge >= 0.3 is 0 Å². The summed E-state index contributed by atoms with van der Waals surface area (Å²) in [6.45, 7) is -2.42. The van der Waals surface area contributed by atoms with Gasteiger partial charge in [-0.1, -0.05) is 18.2 Å². The second kappa shape index (κ2) is 8.01. The lowest BCUT2D eigenvalue weighted by molar-refractivity contribution is 0.0959. The van der Waals surface area contributed by atoms with Crippen molar-refractivity contribution in [1.29, 1.82) is 21.0 Å². The summed E-state index contributed by atoms with van der Waals surface area (Å²) in [6.07, 6.45) is 0. The summed E-state index contributed by atoms with van der Waals surface area (Å²) < 4.78 is 31.7. The van der Waals surface area contributed by atoms with Crippen molar-refractivity contribution >= 4 is 11.8 Å². The standard InChI is InChI=1S/C27H10F2N8O2/c28-11-27(12-29,13-2-4-16-17(5-13)24-35-20(8-31)22(10-33)37(24)25(16)38)14-1-3-15-18(6-14)26(39)36-21(9-32)19(7-30)34-23(15)36/h1-6H,11-12H2. The SMILES string of the molecule is N#Cc1nc2n(c1C#N)C(=O)c1cc(C(CF)(CF)c3ccc4c(c3)-c3nc(C#N)c(C#N)n3C4=O)ccc1-2. The highest BCUT2D eigenvalue weighted by Gasteiger charge is 2.41. The van der Waals surface area contributed by atoms with Crippen LogP contribution in [0.1, 0.15) is 54.6 Å². The summed E-state index contributed by atoms with van der Waals surface area (Å²) in [5, 5.41) is 37.4. The number of alkyl halides is 2. The van der Waals surface area contributed by atoms with E-state index in [1.165, 1.54) is 36.4 Å². The van der Waals surface area contributed by atoms with Gasteiger partial charge in [0.15, 0.2) is 34.4 Å². The van der Waals surface area contributed by atoms with E-state index in [0.29, 0.717) is 5.56 Å². The third-order valence-electron chi connectivity index (χ3n) is 7.13. The van der Waals surface area contributed by atoms with Crippen LogP contribution in [0.3, 0.4) is 0 Å². The first-order chi connectivity index (χ1) is 18.9. The monoisotopic (exact) mass is 516 g/mol. The minimum atomic E-state index is -1.88. The Hall–Kier alpha value is -5.98. The van der Waals surface area contributed by atoms with Crippen molar-refractivity contribution in [3.05, 3.63) is 81.4 Å². The molecule has 0 amide bonds. The second-order valence-electron chi connectivity index (χ2n) is 8.86. The molecule has 0 radical (unpaired) electrons. The molecule has 4 aromatic rings. The molecule has 2 aliphatic heterocycles. The molecule has 0 saturated carbocycles. The average molecular weight is 516 g/mol. The number of nitrogens with zero attached hydrogens (tertiary/aromatic N) is 8. The normalized spacial score (nSPS) is 12.6. The van der Waals surface area contributed by atoms with Gasteiger partial charge in [-0.3, -0.25) is 9.59 Å². The number of aromatic nitrogens is 4. The zero-order valence-electron chi connectivity index (χ0n) is 19.5. The van der Waals surface area contributed by atoms with Gasteiger partial charge in [-0.2, -0.15) is 21.0 Å². The number of imidazole rings is 2. The number of fused-ring (bicyclic) bond motifs is 6. The lowest BCUT2D eigenvalue weighted by Crippen LogP contribution is -2.33. The Balaban J connectivity index is 1.51. The Morgan fingerprint density at radius 3 is 1.62 bits per heavy atom. The summed E-state index contributed by atoms with van der Waals surface area (Å²) >= 11 is 0. The molecule has 12 heteroatoms. The van der Waals surface area contributed by atoms with Gasteiger partial charge < -0.3 is 0 Å². The molecule has 6 rings (SSSR count). The molecule has 0 spiro atoms. The number of carbonyl (C=O) groups is 2. The number of hydrogen-bond donors (Lipinski definition) is 0. The van der Waals surface area contributed by atoms with E-state index in [-0.39, 0.29) is 62.2 Å². The van der Waals surface area contributed by atoms with E-state index in [1.807, 2.05) is 0 Å². The van der Waals surface area contributed by atoms with Crippen molar-refractivity contribution in [2.45, 2.75) is 5.41 Å². The molecular weight excluding hydrogens is 506 g/mol. The van der Waals surface area contributed by atoms with Crippen LogP contribution < -0.4 is 0 Å². The van der Waals surface area contributed by atoms with Crippen molar-refractivity contribution in [2.75, 3.05) is 13.3 Å². The Labute approximate surface area is 217 Å². The van der Waals surface area contributed by atoms with Crippen LogP contribution >= 0.6 is 0 Å². The van der Waals surface area contributed by atoms with Crippen LogP contribution in [0.15, 0.2) is 36.4 Å². The first kappa shape index (κ1) is 23.4. The Kier molecular flexibility index (Phi) is 4.81. The maximum atomic E-state index is 14.9. The van der Waals surface area contributed by atoms with Gasteiger partial charge in [0.2, 0.25) is 0 Å². The van der Waals surface area contributed by atoms with E-state index in [2.05, 4.69) is 9.97 Å². The van der Waals surface area contributed by atoms with Gasteiger partial charge in [0, 0.05) is 11.1 Å². The predicted molar refractivity (Wildman–Crippen MR) is 126 cm³/mol. The molecule has 0 fully saturated rings. The topological polar surface area (TPSA) is 165 Å². The van der Waals surface area contributed by atoms with Gasteiger partial charge in [-0.25, -0.2) is 27.9 Å². The molecule has 2 aliphatic rings. The van der Waals surface area contributed by atoms with Gasteiger partial charge in [0.05, 0.1) is 16.5 Å². The van der Waals surface area contributed by atoms with Gasteiger partial charge in [-0.15, -0.1) is 0 Å². The largest absolute Gasteiger partial charge is 0.268 e. The summed E-state index contributed by atoms with van der Waals surface area (Å²) in [7, 11) is 0. The van der Waals surface area contributed by atoms with Gasteiger partial charge in [0.1, 0.15) is 37.6 Å². The first-order valence-corrected chi connectivity index (χ1v) is 11.3. The molecule has 0 aliphatic carbocycles. The molecule has 0 N–H and O–H groups in total. The van der Waals surface area contributed by atoms with E-state index in [9.17, 15) is 39.4 Å². The highest BCUT2D eigenvalue weighted by molar-refractivity contribution is 6.10. The molecular formula is C27H10F2N8O2. The first-order valence-electron chi connectivity index (χ1n) is 11.3. The maximum absolute atomic E-state index is 14.9. The molecule has 2 aromatic carbocycles. The minimum Gasteiger partial charge on any atom is -0.268 e. The minimum absolute atomic E-state index is 0.0171. The van der Waals surface area contributed by atoms with E-state index in [1.54, 1.807) is 24.3 Å². The highest BCUT2D eigenvalue weighted by atomic mass is 19.1. The Morgan fingerprint density at radius 1 is 0.667 bits per heavy atom. The number of carbonyl (C=O) groups excluding carboxylic acids is 2. The van der Waals surface area contributed by atoms with E-state index >= 15 is 0 Å². The lowest BCUT2D eigenvalue weighted by Gasteiger charge is -2.30. The fourth-order valence-corrected chi connectivity index (χ4v) is 5.14. The van der Waals surface area contributed by atoms with E-state index < -0.39 is 30.6 Å². The van der Waals surface area contributed by atoms with Crippen LogP contribution in [0.25, 0.3) is 22.8 Å². The third-order valence-corrected chi connectivity index (χ3v) is 7.13. The fraction of sp³-hybridized carbons (Fsp3) is 0.111. The van der Waals surface area contributed by atoms with Crippen molar-refractivity contribution in [3.8, 4) is 47.1 Å². The molecule has 0 atom stereocenters. The average Bonchev–Trinajstić information content (AvgIpc) is 3.68. The predicted octanol–water partition coefficient (Wildman–Crippen LogP) is 3.13. The summed E-state index contributed by atoms with van der Waals surface area (Å²) in [4.78, 5) is 34.3. The molecule has 0 unspecified atom stereocenters.